The van der Waals surface area contributed by atoms with E-state index in [2.05, 4.69) is 26.1 Å². The zero-order chi connectivity index (χ0) is 14.9. The van der Waals surface area contributed by atoms with E-state index in [1.807, 2.05) is 0 Å². The van der Waals surface area contributed by atoms with Gasteiger partial charge in [0.25, 0.3) is 0 Å². The van der Waals surface area contributed by atoms with Crippen molar-refractivity contribution in [2.45, 2.75) is 25.0 Å². The Morgan fingerprint density at radius 1 is 1.25 bits per heavy atom. The summed E-state index contributed by atoms with van der Waals surface area (Å²) in [5.41, 5.74) is -1.51. The lowest BCUT2D eigenvalue weighted by atomic mass is 10.1. The van der Waals surface area contributed by atoms with Gasteiger partial charge < -0.3 is 4.57 Å². The van der Waals surface area contributed by atoms with E-state index >= 15 is 0 Å². The van der Waals surface area contributed by atoms with Gasteiger partial charge in [0.1, 0.15) is 11.6 Å². The van der Waals surface area contributed by atoms with Crippen molar-refractivity contribution in [1.82, 2.24) is 14.8 Å². The minimum atomic E-state index is -4.74. The molecule has 0 aliphatic heterocycles. The van der Waals surface area contributed by atoms with Crippen molar-refractivity contribution < 1.29 is 17.6 Å². The smallest absolute Gasteiger partial charge is 0.310 e. The lowest BCUT2D eigenvalue weighted by Gasteiger charge is -2.11. The normalized spacial score (nSPS) is 11.9. The third-order valence-corrected chi connectivity index (χ3v) is 3.31. The zero-order valence-corrected chi connectivity index (χ0v) is 12.0. The number of benzene rings is 1. The number of hydrogen-bond donors (Lipinski definition) is 0. The number of alkyl halides is 4. The molecule has 0 fully saturated rings. The van der Waals surface area contributed by atoms with Crippen LogP contribution in [0.2, 0.25) is 0 Å². The predicted octanol–water partition coefficient (Wildman–Crippen LogP) is 4.02. The topological polar surface area (TPSA) is 30.7 Å². The maximum atomic E-state index is 14.1. The van der Waals surface area contributed by atoms with E-state index in [4.69, 9.17) is 0 Å². The van der Waals surface area contributed by atoms with Crippen molar-refractivity contribution in [3.63, 3.8) is 0 Å². The SMILES string of the molecule is CCn1c(CBr)nnc1-c1cccc(C(F)(F)F)c1F. The first kappa shape index (κ1) is 15.0. The fraction of sp³-hybridized carbons (Fsp3) is 0.333. The number of halogens is 5. The molecule has 1 aromatic carbocycles. The van der Waals surface area contributed by atoms with Crippen molar-refractivity contribution in [1.29, 1.82) is 0 Å². The Hall–Kier alpha value is -1.44. The summed E-state index contributed by atoms with van der Waals surface area (Å²) in [5.74, 6) is -0.715. The van der Waals surface area contributed by atoms with Crippen LogP contribution >= 0.6 is 15.9 Å². The van der Waals surface area contributed by atoms with Gasteiger partial charge in [-0.1, -0.05) is 22.0 Å². The molecule has 0 radical (unpaired) electrons. The monoisotopic (exact) mass is 351 g/mol. The second-order valence-corrected chi connectivity index (χ2v) is 4.54. The molecule has 0 atom stereocenters. The molecule has 108 valence electrons. The number of aromatic nitrogens is 3. The van der Waals surface area contributed by atoms with Crippen LogP contribution in [0, 0.1) is 5.82 Å². The van der Waals surface area contributed by atoms with E-state index in [1.165, 1.54) is 6.07 Å². The summed E-state index contributed by atoms with van der Waals surface area (Å²) in [5, 5.41) is 8.00. The quantitative estimate of drug-likeness (QED) is 0.617. The molecular formula is C12H10BrF4N3. The third-order valence-electron chi connectivity index (χ3n) is 2.81. The first-order chi connectivity index (χ1) is 9.40. The molecular weight excluding hydrogens is 342 g/mol. The van der Waals surface area contributed by atoms with Gasteiger partial charge in [-0.25, -0.2) is 4.39 Å². The van der Waals surface area contributed by atoms with Crippen LogP contribution in [0.25, 0.3) is 11.4 Å². The minimum absolute atomic E-state index is 0.0885. The highest BCUT2D eigenvalue weighted by Crippen LogP contribution is 2.35. The largest absolute Gasteiger partial charge is 0.419 e. The Labute approximate surface area is 120 Å². The average molecular weight is 352 g/mol. The minimum Gasteiger partial charge on any atom is -0.310 e. The highest BCUT2D eigenvalue weighted by Gasteiger charge is 2.35. The van der Waals surface area contributed by atoms with Crippen molar-refractivity contribution in [2.75, 3.05) is 0 Å². The second kappa shape index (κ2) is 5.51. The highest BCUT2D eigenvalue weighted by molar-refractivity contribution is 9.08. The van der Waals surface area contributed by atoms with Crippen LogP contribution < -0.4 is 0 Å². The number of hydrogen-bond acceptors (Lipinski definition) is 2. The summed E-state index contributed by atoms with van der Waals surface area (Å²) >= 11 is 3.20. The van der Waals surface area contributed by atoms with Crippen molar-refractivity contribution >= 4 is 15.9 Å². The van der Waals surface area contributed by atoms with E-state index in [1.54, 1.807) is 11.5 Å². The maximum Gasteiger partial charge on any atom is 0.419 e. The molecule has 0 spiro atoms. The summed E-state index contributed by atoms with van der Waals surface area (Å²) in [6.45, 7) is 2.21. The summed E-state index contributed by atoms with van der Waals surface area (Å²) in [4.78, 5) is 0. The molecule has 0 aliphatic rings. The Kier molecular flexibility index (Phi) is 4.12. The fourth-order valence-electron chi connectivity index (χ4n) is 1.89. The molecule has 0 bridgehead atoms. The Morgan fingerprint density at radius 2 is 1.95 bits per heavy atom. The highest BCUT2D eigenvalue weighted by atomic mass is 79.9. The second-order valence-electron chi connectivity index (χ2n) is 3.98. The van der Waals surface area contributed by atoms with Crippen molar-refractivity contribution in [2.24, 2.45) is 0 Å². The van der Waals surface area contributed by atoms with Crippen LogP contribution in [-0.4, -0.2) is 14.8 Å². The number of rotatable bonds is 3. The van der Waals surface area contributed by atoms with Crippen molar-refractivity contribution in [3.8, 4) is 11.4 Å². The van der Waals surface area contributed by atoms with Gasteiger partial charge in [-0.2, -0.15) is 13.2 Å². The summed E-state index contributed by atoms with van der Waals surface area (Å²) < 4.78 is 53.8. The predicted molar refractivity (Wildman–Crippen MR) is 68.7 cm³/mol. The van der Waals surface area contributed by atoms with Crippen LogP contribution in [0.5, 0.6) is 0 Å². The van der Waals surface area contributed by atoms with Crippen LogP contribution in [0.3, 0.4) is 0 Å². The maximum absolute atomic E-state index is 14.1. The van der Waals surface area contributed by atoms with Gasteiger partial charge in [0.2, 0.25) is 0 Å². The summed E-state index contributed by atoms with van der Waals surface area (Å²) in [6.07, 6.45) is -4.74. The molecule has 2 rings (SSSR count). The molecule has 1 aromatic heterocycles. The van der Waals surface area contributed by atoms with Gasteiger partial charge in [0.15, 0.2) is 5.82 Å². The molecule has 2 aromatic rings. The molecule has 0 saturated carbocycles. The molecule has 0 unspecified atom stereocenters. The van der Waals surface area contributed by atoms with E-state index in [9.17, 15) is 17.6 Å². The van der Waals surface area contributed by atoms with Gasteiger partial charge in [-0.15, -0.1) is 10.2 Å². The lowest BCUT2D eigenvalue weighted by Crippen LogP contribution is -2.10. The van der Waals surface area contributed by atoms with Crippen molar-refractivity contribution in [3.05, 3.63) is 35.4 Å². The first-order valence-corrected chi connectivity index (χ1v) is 6.86. The molecule has 8 heteroatoms. The molecule has 0 aliphatic carbocycles. The summed E-state index contributed by atoms with van der Waals surface area (Å²) in [7, 11) is 0. The first-order valence-electron chi connectivity index (χ1n) is 5.74. The van der Waals surface area contributed by atoms with Gasteiger partial charge in [0.05, 0.1) is 16.5 Å². The Balaban J connectivity index is 2.62. The van der Waals surface area contributed by atoms with Gasteiger partial charge >= 0.3 is 6.18 Å². The van der Waals surface area contributed by atoms with Crippen LogP contribution in [-0.2, 0) is 18.1 Å². The third kappa shape index (κ3) is 2.56. The van der Waals surface area contributed by atoms with Gasteiger partial charge in [-0.05, 0) is 19.1 Å². The van der Waals surface area contributed by atoms with Gasteiger partial charge in [0, 0.05) is 6.54 Å². The molecule has 1 heterocycles. The molecule has 20 heavy (non-hydrogen) atoms. The molecule has 0 saturated heterocycles. The Morgan fingerprint density at radius 3 is 2.50 bits per heavy atom. The van der Waals surface area contributed by atoms with E-state index < -0.39 is 17.6 Å². The van der Waals surface area contributed by atoms with E-state index in [0.717, 1.165) is 6.07 Å². The van der Waals surface area contributed by atoms with Crippen LogP contribution in [0.15, 0.2) is 18.2 Å². The molecule has 0 amide bonds. The fourth-order valence-corrected chi connectivity index (χ4v) is 2.30. The standard InChI is InChI=1S/C12H10BrF4N3/c1-2-20-9(6-13)18-19-11(20)7-4-3-5-8(10(7)14)12(15,16)17/h3-5H,2,6H2,1H3. The Bertz CT molecular complexity index is 622. The zero-order valence-electron chi connectivity index (χ0n) is 10.4. The van der Waals surface area contributed by atoms with Gasteiger partial charge in [-0.3, -0.25) is 0 Å². The lowest BCUT2D eigenvalue weighted by molar-refractivity contribution is -0.139. The van der Waals surface area contributed by atoms with Crippen LogP contribution in [0.4, 0.5) is 17.6 Å². The molecule has 3 nitrogen and oxygen atoms in total. The van der Waals surface area contributed by atoms with E-state index in [-0.39, 0.29) is 11.4 Å². The molecule has 0 N–H and O–H groups in total. The number of nitrogens with zero attached hydrogens (tertiary/aromatic N) is 3. The summed E-state index contributed by atoms with van der Waals surface area (Å²) in [6, 6.07) is 3.12. The average Bonchev–Trinajstić information content (AvgIpc) is 2.80. The van der Waals surface area contributed by atoms with E-state index in [0.29, 0.717) is 23.8 Å². The van der Waals surface area contributed by atoms with Crippen LogP contribution in [0.1, 0.15) is 18.3 Å².